The Morgan fingerprint density at radius 3 is 1.70 bits per heavy atom. The Kier molecular flexibility index (Phi) is 1.25. The highest BCUT2D eigenvalue weighted by Gasteiger charge is 2.28. The van der Waals surface area contributed by atoms with Gasteiger partial charge in [0.15, 0.2) is 0 Å². The molecule has 0 atom stereocenters. The monoisotopic (exact) mass is 144 g/mol. The van der Waals surface area contributed by atoms with Crippen molar-refractivity contribution < 1.29 is 14.5 Å². The molecule has 5 nitrogen and oxygen atoms in total. The van der Waals surface area contributed by atoms with Crippen LogP contribution in [0.2, 0.25) is 0 Å². The molecule has 0 amide bonds. The lowest BCUT2D eigenvalue weighted by Gasteiger charge is -2.02. The van der Waals surface area contributed by atoms with Crippen molar-refractivity contribution in [2.75, 3.05) is 26.2 Å². The van der Waals surface area contributed by atoms with Gasteiger partial charge in [0.2, 0.25) is 0 Å². The molecule has 0 aromatic heterocycles. The maximum atomic E-state index is 10.6. The zero-order valence-corrected chi connectivity index (χ0v) is 5.45. The molecule has 56 valence electrons. The molecule has 0 saturated carbocycles. The van der Waals surface area contributed by atoms with Gasteiger partial charge in [-0.25, -0.2) is 0 Å². The van der Waals surface area contributed by atoms with Crippen molar-refractivity contribution in [3.8, 4) is 0 Å². The van der Waals surface area contributed by atoms with Gasteiger partial charge in [0.05, 0.1) is 26.2 Å². The molecule has 0 aromatic carbocycles. The normalized spacial score (nSPS) is 24.0. The van der Waals surface area contributed by atoms with Crippen LogP contribution in [0.4, 0.5) is 4.79 Å². The van der Waals surface area contributed by atoms with E-state index in [4.69, 9.17) is 0 Å². The van der Waals surface area contributed by atoms with Gasteiger partial charge >= 0.3 is 6.16 Å². The van der Waals surface area contributed by atoms with Gasteiger partial charge in [-0.3, -0.25) is 0 Å². The highest BCUT2D eigenvalue weighted by atomic mass is 16.9. The SMILES string of the molecule is O=C(ON1CC1)ON1CC1. The third-order valence-electron chi connectivity index (χ3n) is 1.22. The second-order valence-corrected chi connectivity index (χ2v) is 2.29. The van der Waals surface area contributed by atoms with Gasteiger partial charge in [0.25, 0.3) is 0 Å². The second-order valence-electron chi connectivity index (χ2n) is 2.29. The minimum atomic E-state index is -0.616. The van der Waals surface area contributed by atoms with Gasteiger partial charge in [-0.2, -0.15) is 4.79 Å². The van der Waals surface area contributed by atoms with Crippen LogP contribution in [0.25, 0.3) is 0 Å². The van der Waals surface area contributed by atoms with E-state index in [1.807, 2.05) is 0 Å². The number of carbonyl (C=O) groups is 1. The van der Waals surface area contributed by atoms with E-state index in [2.05, 4.69) is 9.68 Å². The Morgan fingerprint density at radius 2 is 1.40 bits per heavy atom. The second kappa shape index (κ2) is 2.10. The fourth-order valence-corrected chi connectivity index (χ4v) is 0.492. The van der Waals surface area contributed by atoms with E-state index in [9.17, 15) is 4.79 Å². The molecule has 0 aliphatic carbocycles. The third-order valence-corrected chi connectivity index (χ3v) is 1.22. The average Bonchev–Trinajstić information content (AvgIpc) is 2.59. The quantitative estimate of drug-likeness (QED) is 0.493. The molecule has 0 bridgehead atoms. The first kappa shape index (κ1) is 5.94. The van der Waals surface area contributed by atoms with E-state index >= 15 is 0 Å². The maximum absolute atomic E-state index is 10.6. The van der Waals surface area contributed by atoms with Gasteiger partial charge in [-0.05, 0) is 0 Å². The smallest absolute Gasteiger partial charge is 0.334 e. The molecule has 0 radical (unpaired) electrons. The van der Waals surface area contributed by atoms with Crippen LogP contribution in [0, 0.1) is 0 Å². The van der Waals surface area contributed by atoms with E-state index < -0.39 is 6.16 Å². The van der Waals surface area contributed by atoms with Gasteiger partial charge in [0.1, 0.15) is 0 Å². The summed E-state index contributed by atoms with van der Waals surface area (Å²) in [6.45, 7) is 3.31. The molecule has 0 unspecified atom stereocenters. The summed E-state index contributed by atoms with van der Waals surface area (Å²) < 4.78 is 0. The first-order chi connectivity index (χ1) is 4.84. The van der Waals surface area contributed by atoms with Gasteiger partial charge < -0.3 is 9.68 Å². The lowest BCUT2D eigenvalue weighted by atomic mass is 11.0. The minimum Gasteiger partial charge on any atom is -0.334 e. The summed E-state index contributed by atoms with van der Waals surface area (Å²) >= 11 is 0. The predicted molar refractivity (Wildman–Crippen MR) is 30.7 cm³/mol. The first-order valence-electron chi connectivity index (χ1n) is 3.24. The Balaban J connectivity index is 1.64. The van der Waals surface area contributed by atoms with Crippen molar-refractivity contribution in [3.05, 3.63) is 0 Å². The Labute approximate surface area is 58.0 Å². The van der Waals surface area contributed by atoms with E-state index in [0.29, 0.717) is 0 Å². The van der Waals surface area contributed by atoms with Crippen molar-refractivity contribution in [1.82, 2.24) is 10.1 Å². The lowest BCUT2D eigenvalue weighted by molar-refractivity contribution is -0.103. The number of carbonyl (C=O) groups excluding carboxylic acids is 1. The molecule has 2 saturated heterocycles. The van der Waals surface area contributed by atoms with Crippen LogP contribution in [-0.2, 0) is 9.68 Å². The molecule has 0 spiro atoms. The maximum Gasteiger partial charge on any atom is 0.547 e. The van der Waals surface area contributed by atoms with Crippen LogP contribution in [0.5, 0.6) is 0 Å². The molecular formula is C5H8N2O3. The van der Waals surface area contributed by atoms with Gasteiger partial charge in [-0.15, -0.1) is 10.1 Å². The number of rotatable bonds is 2. The lowest BCUT2D eigenvalue weighted by Crippen LogP contribution is -2.14. The summed E-state index contributed by atoms with van der Waals surface area (Å²) in [5.41, 5.74) is 0. The predicted octanol–water partition coefficient (Wildman–Crippen LogP) is -0.399. The Hall–Kier alpha value is -0.810. The van der Waals surface area contributed by atoms with Crippen LogP contribution < -0.4 is 0 Å². The molecule has 2 rings (SSSR count). The first-order valence-corrected chi connectivity index (χ1v) is 3.24. The van der Waals surface area contributed by atoms with Crippen LogP contribution in [0.15, 0.2) is 0 Å². The molecule has 0 aromatic rings. The molecule has 2 aliphatic heterocycles. The number of nitrogens with zero attached hydrogens (tertiary/aromatic N) is 2. The number of hydroxylamine groups is 4. The van der Waals surface area contributed by atoms with Crippen molar-refractivity contribution >= 4 is 6.16 Å². The molecule has 0 N–H and O–H groups in total. The summed E-state index contributed by atoms with van der Waals surface area (Å²) in [6, 6.07) is 0. The number of hydrogen-bond donors (Lipinski definition) is 0. The van der Waals surface area contributed by atoms with Crippen LogP contribution in [0.3, 0.4) is 0 Å². The summed E-state index contributed by atoms with van der Waals surface area (Å²) in [5, 5.41) is 3.07. The van der Waals surface area contributed by atoms with Crippen LogP contribution in [0.1, 0.15) is 0 Å². The zero-order chi connectivity index (χ0) is 6.97. The topological polar surface area (TPSA) is 41.6 Å². The minimum absolute atomic E-state index is 0.616. The number of hydrogen-bond acceptors (Lipinski definition) is 5. The molecule has 10 heavy (non-hydrogen) atoms. The largest absolute Gasteiger partial charge is 0.547 e. The fraction of sp³-hybridized carbons (Fsp3) is 0.800. The van der Waals surface area contributed by atoms with E-state index in [-0.39, 0.29) is 0 Å². The summed E-state index contributed by atoms with van der Waals surface area (Å²) in [5.74, 6) is 0. The van der Waals surface area contributed by atoms with Crippen molar-refractivity contribution in [2.24, 2.45) is 0 Å². The molecule has 2 aliphatic rings. The standard InChI is InChI=1S/C5H8N2O3/c8-5(9-6-1-2-6)10-7-3-4-7/h1-4H2. The van der Waals surface area contributed by atoms with E-state index in [1.165, 1.54) is 10.1 Å². The molecule has 2 heterocycles. The van der Waals surface area contributed by atoms with Crippen molar-refractivity contribution in [2.45, 2.75) is 0 Å². The molecule has 2 fully saturated rings. The van der Waals surface area contributed by atoms with Crippen molar-refractivity contribution in [1.29, 1.82) is 0 Å². The molecule has 5 heteroatoms. The van der Waals surface area contributed by atoms with Gasteiger partial charge in [-0.1, -0.05) is 0 Å². The molecular weight excluding hydrogens is 136 g/mol. The Morgan fingerprint density at radius 1 is 1.00 bits per heavy atom. The third kappa shape index (κ3) is 1.58. The van der Waals surface area contributed by atoms with Gasteiger partial charge in [0, 0.05) is 0 Å². The fourth-order valence-electron chi connectivity index (χ4n) is 0.492. The highest BCUT2D eigenvalue weighted by molar-refractivity contribution is 5.59. The summed E-state index contributed by atoms with van der Waals surface area (Å²) in [4.78, 5) is 19.9. The average molecular weight is 144 g/mol. The zero-order valence-electron chi connectivity index (χ0n) is 5.45. The Bertz CT molecular complexity index is 137. The highest BCUT2D eigenvalue weighted by Crippen LogP contribution is 2.09. The summed E-state index contributed by atoms with van der Waals surface area (Å²) in [6.07, 6.45) is -0.616. The van der Waals surface area contributed by atoms with E-state index in [0.717, 1.165) is 26.2 Å². The van der Waals surface area contributed by atoms with Crippen LogP contribution in [-0.4, -0.2) is 42.5 Å². The van der Waals surface area contributed by atoms with Crippen LogP contribution >= 0.6 is 0 Å². The van der Waals surface area contributed by atoms with Crippen molar-refractivity contribution in [3.63, 3.8) is 0 Å². The van der Waals surface area contributed by atoms with E-state index in [1.54, 1.807) is 0 Å². The summed E-state index contributed by atoms with van der Waals surface area (Å²) in [7, 11) is 0.